The first-order chi connectivity index (χ1) is 14.5. The van der Waals surface area contributed by atoms with E-state index < -0.39 is 12.1 Å². The molecule has 1 aliphatic rings. The predicted molar refractivity (Wildman–Crippen MR) is 113 cm³/mol. The third-order valence-electron chi connectivity index (χ3n) is 5.37. The van der Waals surface area contributed by atoms with E-state index in [0.29, 0.717) is 39.0 Å². The lowest BCUT2D eigenvalue weighted by atomic mass is 10.0. The molecule has 1 fully saturated rings. The number of piperazine rings is 1. The number of nitrogens with one attached hydrogen (secondary N) is 2. The fraction of sp³-hybridized carbons (Fsp3) is 0.900. The molecule has 2 atom stereocenters. The summed E-state index contributed by atoms with van der Waals surface area (Å²) in [5, 5.41) is 41.7. The number of hydrogen-bond donors (Lipinski definition) is 6. The quantitative estimate of drug-likeness (QED) is 0.135. The van der Waals surface area contributed by atoms with Crippen molar-refractivity contribution in [1.29, 1.82) is 0 Å². The van der Waals surface area contributed by atoms with Gasteiger partial charge in [0.2, 0.25) is 11.8 Å². The molecule has 1 heterocycles. The maximum Gasteiger partial charge on any atom is 0.243 e. The van der Waals surface area contributed by atoms with Crippen LogP contribution in [0.15, 0.2) is 0 Å². The molecule has 30 heavy (non-hydrogen) atoms. The van der Waals surface area contributed by atoms with E-state index in [9.17, 15) is 9.59 Å². The van der Waals surface area contributed by atoms with Gasteiger partial charge in [-0.3, -0.25) is 19.4 Å². The summed E-state index contributed by atoms with van der Waals surface area (Å²) in [4.78, 5) is 28.6. The number of carbonyl (C=O) groups excluding carboxylic acids is 2. The Morgan fingerprint density at radius 1 is 0.567 bits per heavy atom. The summed E-state index contributed by atoms with van der Waals surface area (Å²) in [6.45, 7) is 3.70. The minimum atomic E-state index is -0.512. The van der Waals surface area contributed by atoms with Crippen LogP contribution in [-0.4, -0.2) is 120 Å². The molecule has 0 bridgehead atoms. The molecule has 10 heteroatoms. The second kappa shape index (κ2) is 16.4. The summed E-state index contributed by atoms with van der Waals surface area (Å²) in [6.07, 6.45) is 4.30. The monoisotopic (exact) mass is 432 g/mol. The summed E-state index contributed by atoms with van der Waals surface area (Å²) >= 11 is 0. The number of nitrogens with zero attached hydrogens (tertiary/aromatic N) is 2. The van der Waals surface area contributed by atoms with Crippen LogP contribution in [-0.2, 0) is 9.59 Å². The summed E-state index contributed by atoms with van der Waals surface area (Å²) in [7, 11) is 0. The molecule has 0 saturated carbocycles. The van der Waals surface area contributed by atoms with E-state index in [4.69, 9.17) is 20.4 Å². The Labute approximate surface area is 179 Å². The molecule has 0 aromatic heterocycles. The van der Waals surface area contributed by atoms with Crippen LogP contribution >= 0.6 is 0 Å². The molecule has 10 nitrogen and oxygen atoms in total. The van der Waals surface area contributed by atoms with Gasteiger partial charge in [0.1, 0.15) is 12.1 Å². The number of amides is 2. The number of carbonyl (C=O) groups is 2. The van der Waals surface area contributed by atoms with Crippen molar-refractivity contribution in [3.05, 3.63) is 0 Å². The van der Waals surface area contributed by atoms with Gasteiger partial charge >= 0.3 is 0 Å². The Morgan fingerprint density at radius 2 is 0.900 bits per heavy atom. The summed E-state index contributed by atoms with van der Waals surface area (Å²) < 4.78 is 0. The molecule has 0 unspecified atom stereocenters. The van der Waals surface area contributed by atoms with Gasteiger partial charge in [0.05, 0.1) is 26.4 Å². The molecule has 0 spiro atoms. The van der Waals surface area contributed by atoms with Crippen LogP contribution in [0.3, 0.4) is 0 Å². The molecule has 1 saturated heterocycles. The lowest BCUT2D eigenvalue weighted by molar-refractivity contribution is -0.137. The molecular weight excluding hydrogens is 392 g/mol. The maximum absolute atomic E-state index is 12.3. The van der Waals surface area contributed by atoms with Gasteiger partial charge in [0.15, 0.2) is 0 Å². The van der Waals surface area contributed by atoms with E-state index in [-0.39, 0.29) is 38.2 Å². The Morgan fingerprint density at radius 3 is 1.20 bits per heavy atom. The molecule has 1 aliphatic heterocycles. The SMILES string of the molecule is O=C1N[C@H](CCCCN(CCO)CCO)C(=O)N[C@@H]1CCCCN(CCO)CCO. The number of unbranched alkanes of at least 4 members (excludes halogenated alkanes) is 2. The number of aliphatic hydroxyl groups is 4. The minimum Gasteiger partial charge on any atom is -0.395 e. The number of aliphatic hydroxyl groups excluding tert-OH is 4. The zero-order valence-corrected chi connectivity index (χ0v) is 18.0. The third-order valence-corrected chi connectivity index (χ3v) is 5.37. The lowest BCUT2D eigenvalue weighted by Gasteiger charge is -2.30. The van der Waals surface area contributed by atoms with Gasteiger partial charge in [-0.15, -0.1) is 0 Å². The molecule has 1 rings (SSSR count). The Kier molecular flexibility index (Phi) is 14.6. The zero-order valence-electron chi connectivity index (χ0n) is 18.0. The second-order valence-corrected chi connectivity index (χ2v) is 7.69. The van der Waals surface area contributed by atoms with E-state index in [1.807, 2.05) is 9.80 Å². The van der Waals surface area contributed by atoms with Crippen molar-refractivity contribution in [1.82, 2.24) is 20.4 Å². The van der Waals surface area contributed by atoms with Crippen LogP contribution in [0.4, 0.5) is 0 Å². The van der Waals surface area contributed by atoms with E-state index in [1.54, 1.807) is 0 Å². The van der Waals surface area contributed by atoms with Gasteiger partial charge < -0.3 is 31.1 Å². The highest BCUT2D eigenvalue weighted by Crippen LogP contribution is 2.11. The van der Waals surface area contributed by atoms with Crippen molar-refractivity contribution in [3.8, 4) is 0 Å². The van der Waals surface area contributed by atoms with Gasteiger partial charge in [-0.05, 0) is 51.6 Å². The summed E-state index contributed by atoms with van der Waals surface area (Å²) in [5.74, 6) is -0.297. The lowest BCUT2D eigenvalue weighted by Crippen LogP contribution is -2.61. The standard InChI is InChI=1S/C20H40N4O6/c25-13-9-23(10-14-26)7-3-1-5-17-19(29)22-18(20(30)21-17)6-2-4-8-24(11-15-27)12-16-28/h17-18,25-28H,1-16H2,(H,21,30)(H,22,29)/t17-,18-/m1/s1. The first-order valence-electron chi connectivity index (χ1n) is 11.0. The smallest absolute Gasteiger partial charge is 0.243 e. The average Bonchev–Trinajstić information content (AvgIpc) is 2.71. The topological polar surface area (TPSA) is 146 Å². The van der Waals surface area contributed by atoms with E-state index in [0.717, 1.165) is 38.8 Å². The largest absolute Gasteiger partial charge is 0.395 e. The van der Waals surface area contributed by atoms with Crippen molar-refractivity contribution in [3.63, 3.8) is 0 Å². The highest BCUT2D eigenvalue weighted by Gasteiger charge is 2.32. The van der Waals surface area contributed by atoms with Crippen LogP contribution in [0, 0.1) is 0 Å². The van der Waals surface area contributed by atoms with Gasteiger partial charge in [-0.2, -0.15) is 0 Å². The molecule has 176 valence electrons. The van der Waals surface area contributed by atoms with Crippen LogP contribution in [0.25, 0.3) is 0 Å². The normalized spacial score (nSPS) is 19.4. The third kappa shape index (κ3) is 10.6. The molecule has 2 amide bonds. The molecule has 0 aromatic rings. The van der Waals surface area contributed by atoms with E-state index >= 15 is 0 Å². The Balaban J connectivity index is 2.26. The Bertz CT molecular complexity index is 428. The van der Waals surface area contributed by atoms with Crippen molar-refractivity contribution in [2.24, 2.45) is 0 Å². The maximum atomic E-state index is 12.3. The van der Waals surface area contributed by atoms with Crippen molar-refractivity contribution in [2.45, 2.75) is 50.6 Å². The summed E-state index contributed by atoms with van der Waals surface area (Å²) in [5.41, 5.74) is 0. The molecule has 0 aliphatic carbocycles. The highest BCUT2D eigenvalue weighted by atomic mass is 16.3. The molecular formula is C20H40N4O6. The number of hydrogen-bond acceptors (Lipinski definition) is 8. The fourth-order valence-corrected chi connectivity index (χ4v) is 3.69. The first-order valence-corrected chi connectivity index (χ1v) is 11.0. The van der Waals surface area contributed by atoms with Gasteiger partial charge in [0, 0.05) is 26.2 Å². The molecule has 6 N–H and O–H groups in total. The van der Waals surface area contributed by atoms with Crippen molar-refractivity contribution >= 4 is 11.8 Å². The summed E-state index contributed by atoms with van der Waals surface area (Å²) in [6, 6.07) is -1.02. The van der Waals surface area contributed by atoms with Crippen LogP contribution in [0.2, 0.25) is 0 Å². The van der Waals surface area contributed by atoms with Crippen LogP contribution in [0.5, 0.6) is 0 Å². The van der Waals surface area contributed by atoms with Crippen molar-refractivity contribution in [2.75, 3.05) is 65.7 Å². The molecule has 0 aromatic carbocycles. The second-order valence-electron chi connectivity index (χ2n) is 7.69. The van der Waals surface area contributed by atoms with E-state index in [2.05, 4.69) is 10.6 Å². The van der Waals surface area contributed by atoms with Gasteiger partial charge in [0.25, 0.3) is 0 Å². The first kappa shape index (κ1) is 26.7. The van der Waals surface area contributed by atoms with Crippen LogP contribution < -0.4 is 10.6 Å². The Hall–Kier alpha value is -1.30. The van der Waals surface area contributed by atoms with Gasteiger partial charge in [-0.25, -0.2) is 0 Å². The number of rotatable bonds is 18. The van der Waals surface area contributed by atoms with Crippen LogP contribution in [0.1, 0.15) is 38.5 Å². The van der Waals surface area contributed by atoms with E-state index in [1.165, 1.54) is 0 Å². The van der Waals surface area contributed by atoms with Crippen molar-refractivity contribution < 1.29 is 30.0 Å². The van der Waals surface area contributed by atoms with Gasteiger partial charge in [-0.1, -0.05) is 0 Å². The predicted octanol–water partition coefficient (Wildman–Crippen LogP) is -2.12. The minimum absolute atomic E-state index is 0.0450. The molecule has 0 radical (unpaired) electrons. The fourth-order valence-electron chi connectivity index (χ4n) is 3.69. The highest BCUT2D eigenvalue weighted by molar-refractivity contribution is 5.96. The zero-order chi connectivity index (χ0) is 22.2. The average molecular weight is 433 g/mol.